The molecule has 0 aliphatic heterocycles. The molecule has 23 heavy (non-hydrogen) atoms. The van der Waals surface area contributed by atoms with Crippen molar-refractivity contribution in [1.29, 1.82) is 0 Å². The number of hydrogen-bond donors (Lipinski definition) is 0. The van der Waals surface area contributed by atoms with E-state index in [1.165, 1.54) is 21.3 Å². The Hall–Kier alpha value is -2.77. The van der Waals surface area contributed by atoms with Crippen molar-refractivity contribution in [3.63, 3.8) is 0 Å². The summed E-state index contributed by atoms with van der Waals surface area (Å²) < 4.78 is 25.9. The van der Waals surface area contributed by atoms with Crippen LogP contribution in [0.4, 0.5) is 0 Å². The summed E-state index contributed by atoms with van der Waals surface area (Å²) in [5.41, 5.74) is 0.804. The number of esters is 1. The summed E-state index contributed by atoms with van der Waals surface area (Å²) in [6.45, 7) is 1.94. The summed E-state index contributed by atoms with van der Waals surface area (Å²) in [7, 11) is 4.60. The fourth-order valence-electron chi connectivity index (χ4n) is 2.01. The van der Waals surface area contributed by atoms with Crippen molar-refractivity contribution in [1.82, 2.24) is 10.2 Å². The highest BCUT2D eigenvalue weighted by molar-refractivity contribution is 5.83. The second kappa shape index (κ2) is 7.48. The van der Waals surface area contributed by atoms with E-state index in [0.717, 1.165) is 5.56 Å². The van der Waals surface area contributed by atoms with Gasteiger partial charge >= 0.3 is 11.9 Å². The molecule has 2 rings (SSSR count). The molecule has 0 aliphatic carbocycles. The average molecular weight is 322 g/mol. The number of carbonyl (C=O) groups is 1. The summed E-state index contributed by atoms with van der Waals surface area (Å²) in [6.07, 6.45) is 0.309. The third-order valence-corrected chi connectivity index (χ3v) is 3.00. The van der Waals surface area contributed by atoms with Crippen LogP contribution >= 0.6 is 0 Å². The van der Waals surface area contributed by atoms with Gasteiger partial charge in [-0.25, -0.2) is 4.79 Å². The van der Waals surface area contributed by atoms with Crippen LogP contribution in [0.25, 0.3) is 0 Å². The lowest BCUT2D eigenvalue weighted by molar-refractivity contribution is 0.0479. The Balaban J connectivity index is 2.25. The molecule has 0 saturated carbocycles. The SMILES string of the molecule is CCOC(=O)c1nnc(Cc2cc(OC)c(OC)c(OC)c2)o1. The Kier molecular flexibility index (Phi) is 5.40. The monoisotopic (exact) mass is 322 g/mol. The van der Waals surface area contributed by atoms with Crippen LogP contribution in [-0.4, -0.2) is 44.1 Å². The first-order chi connectivity index (χ1) is 11.1. The van der Waals surface area contributed by atoms with E-state index in [1.807, 2.05) is 0 Å². The van der Waals surface area contributed by atoms with Gasteiger partial charge in [-0.05, 0) is 24.6 Å². The molecular formula is C15H18N2O6. The molecule has 0 bridgehead atoms. The van der Waals surface area contributed by atoms with E-state index in [-0.39, 0.29) is 18.4 Å². The molecule has 2 aromatic rings. The minimum absolute atomic E-state index is 0.172. The van der Waals surface area contributed by atoms with Gasteiger partial charge in [-0.1, -0.05) is 0 Å². The summed E-state index contributed by atoms with van der Waals surface area (Å²) in [5, 5.41) is 7.51. The highest BCUT2D eigenvalue weighted by Crippen LogP contribution is 2.38. The molecule has 0 radical (unpaired) electrons. The molecule has 0 unspecified atom stereocenters. The molecule has 124 valence electrons. The number of carbonyl (C=O) groups excluding carboxylic acids is 1. The maximum absolute atomic E-state index is 11.5. The smallest absolute Gasteiger partial charge is 0.396 e. The molecule has 1 aromatic heterocycles. The third kappa shape index (κ3) is 3.71. The van der Waals surface area contributed by atoms with E-state index < -0.39 is 5.97 Å². The first-order valence-corrected chi connectivity index (χ1v) is 6.91. The van der Waals surface area contributed by atoms with Gasteiger partial charge in [0, 0.05) is 0 Å². The van der Waals surface area contributed by atoms with Crippen LogP contribution in [0.2, 0.25) is 0 Å². The predicted octanol–water partition coefficient (Wildman–Crippen LogP) is 1.86. The lowest BCUT2D eigenvalue weighted by atomic mass is 10.1. The Morgan fingerprint density at radius 1 is 1.09 bits per heavy atom. The van der Waals surface area contributed by atoms with Crippen LogP contribution in [-0.2, 0) is 11.2 Å². The van der Waals surface area contributed by atoms with Crippen LogP contribution < -0.4 is 14.2 Å². The molecular weight excluding hydrogens is 304 g/mol. The molecule has 0 spiro atoms. The second-order valence-corrected chi connectivity index (χ2v) is 4.43. The summed E-state index contributed by atoms with van der Waals surface area (Å²) in [4.78, 5) is 11.5. The van der Waals surface area contributed by atoms with Crippen LogP contribution in [0, 0.1) is 0 Å². The van der Waals surface area contributed by atoms with Crippen molar-refractivity contribution in [3.05, 3.63) is 29.5 Å². The Morgan fingerprint density at radius 2 is 1.74 bits per heavy atom. The number of ether oxygens (including phenoxy) is 4. The molecule has 0 aliphatic rings. The number of benzene rings is 1. The predicted molar refractivity (Wildman–Crippen MR) is 79.2 cm³/mol. The fourth-order valence-corrected chi connectivity index (χ4v) is 2.01. The van der Waals surface area contributed by atoms with Crippen LogP contribution in [0.15, 0.2) is 16.5 Å². The van der Waals surface area contributed by atoms with Crippen molar-refractivity contribution in [3.8, 4) is 17.2 Å². The van der Waals surface area contributed by atoms with Crippen molar-refractivity contribution in [2.45, 2.75) is 13.3 Å². The molecule has 0 N–H and O–H groups in total. The van der Waals surface area contributed by atoms with Gasteiger partial charge in [0.2, 0.25) is 11.6 Å². The minimum atomic E-state index is -0.642. The van der Waals surface area contributed by atoms with E-state index in [4.69, 9.17) is 23.4 Å². The largest absolute Gasteiger partial charge is 0.493 e. The summed E-state index contributed by atoms with van der Waals surface area (Å²) in [6, 6.07) is 3.55. The van der Waals surface area contributed by atoms with Gasteiger partial charge in [0.15, 0.2) is 11.5 Å². The van der Waals surface area contributed by atoms with Crippen molar-refractivity contribution in [2.75, 3.05) is 27.9 Å². The maximum atomic E-state index is 11.5. The zero-order valence-electron chi connectivity index (χ0n) is 13.4. The van der Waals surface area contributed by atoms with Crippen molar-refractivity contribution in [2.24, 2.45) is 0 Å². The molecule has 0 saturated heterocycles. The number of methoxy groups -OCH3 is 3. The van der Waals surface area contributed by atoms with E-state index in [2.05, 4.69) is 10.2 Å². The van der Waals surface area contributed by atoms with Gasteiger partial charge in [0.05, 0.1) is 34.4 Å². The maximum Gasteiger partial charge on any atom is 0.396 e. The molecule has 0 amide bonds. The molecule has 0 atom stereocenters. The van der Waals surface area contributed by atoms with Gasteiger partial charge in [-0.15, -0.1) is 10.2 Å². The van der Waals surface area contributed by atoms with E-state index in [1.54, 1.807) is 19.1 Å². The number of rotatable bonds is 7. The molecule has 0 fully saturated rings. The number of nitrogens with zero attached hydrogens (tertiary/aromatic N) is 2. The summed E-state index contributed by atoms with van der Waals surface area (Å²) in [5.74, 6) is 1.00. The van der Waals surface area contributed by atoms with Gasteiger partial charge in [0.25, 0.3) is 0 Å². The third-order valence-electron chi connectivity index (χ3n) is 3.00. The van der Waals surface area contributed by atoms with Gasteiger partial charge in [-0.3, -0.25) is 0 Å². The first-order valence-electron chi connectivity index (χ1n) is 6.91. The normalized spacial score (nSPS) is 10.3. The fraction of sp³-hybridized carbons (Fsp3) is 0.400. The quantitative estimate of drug-likeness (QED) is 0.713. The highest BCUT2D eigenvalue weighted by Gasteiger charge is 2.18. The highest BCUT2D eigenvalue weighted by atomic mass is 16.5. The molecule has 8 heteroatoms. The lowest BCUT2D eigenvalue weighted by Gasteiger charge is -2.13. The van der Waals surface area contributed by atoms with Crippen molar-refractivity contribution >= 4 is 5.97 Å². The Morgan fingerprint density at radius 3 is 2.26 bits per heavy atom. The van der Waals surface area contributed by atoms with Gasteiger partial charge in [-0.2, -0.15) is 0 Å². The second-order valence-electron chi connectivity index (χ2n) is 4.43. The zero-order chi connectivity index (χ0) is 16.8. The lowest BCUT2D eigenvalue weighted by Crippen LogP contribution is -2.04. The Labute approximate surface area is 133 Å². The Bertz CT molecular complexity index is 657. The first kappa shape index (κ1) is 16.6. The van der Waals surface area contributed by atoms with E-state index >= 15 is 0 Å². The topological polar surface area (TPSA) is 92.9 Å². The molecule has 1 aromatic carbocycles. The standard InChI is InChI=1S/C15H18N2O6/c1-5-22-15(18)14-17-16-12(23-14)8-9-6-10(19-2)13(21-4)11(7-9)20-3/h6-7H,5,8H2,1-4H3. The average Bonchev–Trinajstić information content (AvgIpc) is 3.02. The van der Waals surface area contributed by atoms with Crippen LogP contribution in [0.3, 0.4) is 0 Å². The van der Waals surface area contributed by atoms with E-state index in [9.17, 15) is 4.79 Å². The molecule has 8 nitrogen and oxygen atoms in total. The summed E-state index contributed by atoms with van der Waals surface area (Å²) >= 11 is 0. The number of aromatic nitrogens is 2. The van der Waals surface area contributed by atoms with Gasteiger partial charge in [0.1, 0.15) is 0 Å². The van der Waals surface area contributed by atoms with Crippen LogP contribution in [0.1, 0.15) is 29.1 Å². The zero-order valence-corrected chi connectivity index (χ0v) is 13.4. The van der Waals surface area contributed by atoms with Crippen molar-refractivity contribution < 1.29 is 28.2 Å². The minimum Gasteiger partial charge on any atom is -0.493 e. The number of hydrogen-bond acceptors (Lipinski definition) is 8. The van der Waals surface area contributed by atoms with Crippen LogP contribution in [0.5, 0.6) is 17.2 Å². The van der Waals surface area contributed by atoms with Gasteiger partial charge < -0.3 is 23.4 Å². The molecule has 1 heterocycles. The van der Waals surface area contributed by atoms with E-state index in [0.29, 0.717) is 23.7 Å².